The number of rotatable bonds is 2. The monoisotopic (exact) mass is 334 g/mol. The molecule has 0 unspecified atom stereocenters. The van der Waals surface area contributed by atoms with Crippen molar-refractivity contribution in [2.24, 2.45) is 23.7 Å². The average Bonchev–Trinajstić information content (AvgIpc) is 3.29. The average molecular weight is 334 g/mol. The Labute approximate surface area is 144 Å². The van der Waals surface area contributed by atoms with Gasteiger partial charge in [-0.3, -0.25) is 4.79 Å². The van der Waals surface area contributed by atoms with E-state index in [0.29, 0.717) is 11.5 Å². The highest BCUT2D eigenvalue weighted by atomic mass is 19.1. The SMILES string of the molecule is O=C1C(c2ccc(F)cc2)=C(c2ccc(F)cc2)[C@H]2[C@@H]1[C@@H]1C=C[C@H]2C1. The van der Waals surface area contributed by atoms with Crippen LogP contribution in [-0.2, 0) is 4.79 Å². The van der Waals surface area contributed by atoms with Crippen LogP contribution in [-0.4, -0.2) is 5.78 Å². The van der Waals surface area contributed by atoms with Crippen LogP contribution in [0.1, 0.15) is 17.5 Å². The van der Waals surface area contributed by atoms with Crippen LogP contribution in [0.15, 0.2) is 60.7 Å². The zero-order valence-corrected chi connectivity index (χ0v) is 13.5. The summed E-state index contributed by atoms with van der Waals surface area (Å²) in [5.41, 5.74) is 3.32. The molecule has 0 radical (unpaired) electrons. The van der Waals surface area contributed by atoms with Gasteiger partial charge in [-0.1, -0.05) is 36.4 Å². The van der Waals surface area contributed by atoms with Crippen LogP contribution >= 0.6 is 0 Å². The lowest BCUT2D eigenvalue weighted by atomic mass is 9.80. The number of halogens is 2. The maximum atomic E-state index is 13.4. The number of allylic oxidation sites excluding steroid dienone is 4. The number of hydrogen-bond donors (Lipinski definition) is 0. The van der Waals surface area contributed by atoms with E-state index in [1.807, 2.05) is 0 Å². The van der Waals surface area contributed by atoms with E-state index in [1.54, 1.807) is 24.3 Å². The Balaban J connectivity index is 1.73. The summed E-state index contributed by atoms with van der Waals surface area (Å²) >= 11 is 0. The smallest absolute Gasteiger partial charge is 0.168 e. The van der Waals surface area contributed by atoms with Gasteiger partial charge in [-0.25, -0.2) is 8.78 Å². The first kappa shape index (κ1) is 14.8. The summed E-state index contributed by atoms with van der Waals surface area (Å²) in [4.78, 5) is 13.3. The van der Waals surface area contributed by atoms with Crippen molar-refractivity contribution < 1.29 is 13.6 Å². The third kappa shape index (κ3) is 2.08. The predicted molar refractivity (Wildman–Crippen MR) is 92.3 cm³/mol. The van der Waals surface area contributed by atoms with Gasteiger partial charge in [-0.15, -0.1) is 0 Å². The molecule has 0 aliphatic heterocycles. The minimum Gasteiger partial charge on any atom is -0.294 e. The fourth-order valence-electron chi connectivity index (χ4n) is 4.92. The third-order valence-corrected chi connectivity index (χ3v) is 5.90. The molecular formula is C22H16F2O. The second-order valence-electron chi connectivity index (χ2n) is 7.17. The second-order valence-corrected chi connectivity index (χ2v) is 7.17. The molecule has 25 heavy (non-hydrogen) atoms. The standard InChI is InChI=1S/C22H16F2O/c23-16-7-3-12(4-8-16)18-19-14-1-2-15(11-14)21(19)22(25)20(18)13-5-9-17(24)10-6-13/h1-10,14-15,19,21H,11H2/t14-,15+,19-,21-/m0/s1. The quantitative estimate of drug-likeness (QED) is 0.714. The van der Waals surface area contributed by atoms with Gasteiger partial charge in [-0.05, 0) is 59.2 Å². The lowest BCUT2D eigenvalue weighted by molar-refractivity contribution is -0.117. The van der Waals surface area contributed by atoms with Gasteiger partial charge in [0, 0.05) is 17.4 Å². The van der Waals surface area contributed by atoms with Gasteiger partial charge in [-0.2, -0.15) is 0 Å². The zero-order valence-electron chi connectivity index (χ0n) is 13.5. The molecule has 124 valence electrons. The Hall–Kier alpha value is -2.55. The van der Waals surface area contributed by atoms with Gasteiger partial charge in [0.15, 0.2) is 5.78 Å². The molecule has 3 aliphatic carbocycles. The van der Waals surface area contributed by atoms with Crippen LogP contribution in [0, 0.1) is 35.3 Å². The van der Waals surface area contributed by atoms with E-state index in [4.69, 9.17) is 0 Å². The topological polar surface area (TPSA) is 17.1 Å². The molecule has 0 aromatic heterocycles. The number of carbonyl (C=O) groups is 1. The van der Waals surface area contributed by atoms with Crippen molar-refractivity contribution in [3.05, 3.63) is 83.4 Å². The second kappa shape index (κ2) is 5.22. The number of hydrogen-bond acceptors (Lipinski definition) is 1. The minimum absolute atomic E-state index is 0.0323. The predicted octanol–water partition coefficient (Wildman–Crippen LogP) is 4.90. The van der Waals surface area contributed by atoms with Crippen LogP contribution in [0.2, 0.25) is 0 Å². The largest absolute Gasteiger partial charge is 0.294 e. The Morgan fingerprint density at radius 1 is 0.720 bits per heavy atom. The summed E-state index contributed by atoms with van der Waals surface area (Å²) in [5.74, 6) is 0.296. The fourth-order valence-corrected chi connectivity index (χ4v) is 4.92. The molecule has 2 aromatic rings. The number of ketones is 1. The third-order valence-electron chi connectivity index (χ3n) is 5.90. The number of Topliss-reactive ketones (excluding diaryl/α,β-unsaturated/α-hetero) is 1. The summed E-state index contributed by atoms with van der Waals surface area (Å²) in [6, 6.07) is 12.5. The first-order valence-corrected chi connectivity index (χ1v) is 8.62. The Bertz CT molecular complexity index is 922. The van der Waals surface area contributed by atoms with Gasteiger partial charge < -0.3 is 0 Å². The molecule has 0 saturated heterocycles. The molecule has 3 aliphatic rings. The summed E-state index contributed by atoms with van der Waals surface area (Å²) < 4.78 is 26.7. The molecule has 2 bridgehead atoms. The lowest BCUT2D eigenvalue weighted by Gasteiger charge is -2.22. The van der Waals surface area contributed by atoms with Crippen molar-refractivity contribution in [1.82, 2.24) is 0 Å². The summed E-state index contributed by atoms with van der Waals surface area (Å²) in [6.45, 7) is 0. The number of fused-ring (bicyclic) bond motifs is 5. The van der Waals surface area contributed by atoms with E-state index in [9.17, 15) is 13.6 Å². The first-order valence-electron chi connectivity index (χ1n) is 8.62. The fraction of sp³-hybridized carbons (Fsp3) is 0.227. The molecule has 1 fully saturated rings. The Morgan fingerprint density at radius 2 is 1.24 bits per heavy atom. The van der Waals surface area contributed by atoms with Gasteiger partial charge in [0.1, 0.15) is 11.6 Å². The number of benzene rings is 2. The van der Waals surface area contributed by atoms with Crippen LogP contribution in [0.4, 0.5) is 8.78 Å². The molecule has 3 heteroatoms. The summed E-state index contributed by atoms with van der Waals surface area (Å²) in [5, 5.41) is 0. The minimum atomic E-state index is -0.319. The molecule has 2 aromatic carbocycles. The van der Waals surface area contributed by atoms with Crippen LogP contribution < -0.4 is 0 Å². The molecule has 0 amide bonds. The van der Waals surface area contributed by atoms with E-state index >= 15 is 0 Å². The van der Waals surface area contributed by atoms with Gasteiger partial charge in [0.05, 0.1) is 0 Å². The Morgan fingerprint density at radius 3 is 1.84 bits per heavy atom. The molecule has 0 N–H and O–H groups in total. The maximum absolute atomic E-state index is 13.4. The van der Waals surface area contributed by atoms with Crippen LogP contribution in [0.5, 0.6) is 0 Å². The Kier molecular flexibility index (Phi) is 3.08. The zero-order chi connectivity index (χ0) is 17.1. The van der Waals surface area contributed by atoms with Crippen molar-refractivity contribution >= 4 is 16.9 Å². The molecule has 4 atom stereocenters. The van der Waals surface area contributed by atoms with Gasteiger partial charge in [0.25, 0.3) is 0 Å². The van der Waals surface area contributed by atoms with E-state index in [-0.39, 0.29) is 35.2 Å². The molecule has 5 rings (SSSR count). The highest BCUT2D eigenvalue weighted by Gasteiger charge is 2.55. The van der Waals surface area contributed by atoms with E-state index in [2.05, 4.69) is 12.2 Å². The first-order chi connectivity index (χ1) is 12.1. The molecule has 1 saturated carbocycles. The highest BCUT2D eigenvalue weighted by molar-refractivity contribution is 6.33. The van der Waals surface area contributed by atoms with Crippen LogP contribution in [0.25, 0.3) is 11.1 Å². The van der Waals surface area contributed by atoms with Crippen molar-refractivity contribution in [1.29, 1.82) is 0 Å². The van der Waals surface area contributed by atoms with Gasteiger partial charge >= 0.3 is 0 Å². The van der Waals surface area contributed by atoms with Crippen molar-refractivity contribution in [3.8, 4) is 0 Å². The number of carbonyl (C=O) groups excluding carboxylic acids is 1. The maximum Gasteiger partial charge on any atom is 0.168 e. The van der Waals surface area contributed by atoms with Crippen molar-refractivity contribution in [3.63, 3.8) is 0 Å². The van der Waals surface area contributed by atoms with Crippen molar-refractivity contribution in [2.45, 2.75) is 6.42 Å². The van der Waals surface area contributed by atoms with E-state index < -0.39 is 0 Å². The highest BCUT2D eigenvalue weighted by Crippen LogP contribution is 2.60. The molecule has 1 nitrogen and oxygen atoms in total. The van der Waals surface area contributed by atoms with E-state index in [0.717, 1.165) is 23.1 Å². The van der Waals surface area contributed by atoms with Crippen molar-refractivity contribution in [2.75, 3.05) is 0 Å². The molecular weight excluding hydrogens is 318 g/mol. The van der Waals surface area contributed by atoms with Crippen LogP contribution in [0.3, 0.4) is 0 Å². The normalized spacial score (nSPS) is 29.6. The van der Waals surface area contributed by atoms with E-state index in [1.165, 1.54) is 24.3 Å². The summed E-state index contributed by atoms with van der Waals surface area (Å²) in [7, 11) is 0. The summed E-state index contributed by atoms with van der Waals surface area (Å²) in [6.07, 6.45) is 5.40. The van der Waals surface area contributed by atoms with Gasteiger partial charge in [0.2, 0.25) is 0 Å². The lowest BCUT2D eigenvalue weighted by Crippen LogP contribution is -2.21. The molecule has 0 heterocycles. The molecule has 0 spiro atoms.